The van der Waals surface area contributed by atoms with Crippen LogP contribution in [0.4, 0.5) is 0 Å². The maximum Gasteiger partial charge on any atom is 0.126 e. The van der Waals surface area contributed by atoms with Gasteiger partial charge in [-0.05, 0) is 49.8 Å². The molecule has 2 N–H and O–H groups in total. The molecule has 0 unspecified atom stereocenters. The van der Waals surface area contributed by atoms with E-state index in [0.717, 1.165) is 43.5 Å². The van der Waals surface area contributed by atoms with E-state index in [1.807, 2.05) is 12.1 Å². The summed E-state index contributed by atoms with van der Waals surface area (Å²) in [4.78, 5) is 0. The minimum absolute atomic E-state index is 0.648. The van der Waals surface area contributed by atoms with Crippen molar-refractivity contribution in [3.8, 4) is 11.5 Å². The molecule has 1 aliphatic carbocycles. The molecule has 3 heteroatoms. The summed E-state index contributed by atoms with van der Waals surface area (Å²) in [5.74, 6) is 2.59. The largest absolute Gasteiger partial charge is 0.493 e. The number of rotatable bonds is 8. The van der Waals surface area contributed by atoms with Crippen molar-refractivity contribution >= 4 is 0 Å². The van der Waals surface area contributed by atoms with Gasteiger partial charge in [0.25, 0.3) is 0 Å². The monoisotopic (exact) mass is 263 g/mol. The van der Waals surface area contributed by atoms with Gasteiger partial charge < -0.3 is 15.2 Å². The van der Waals surface area contributed by atoms with Crippen molar-refractivity contribution in [1.82, 2.24) is 0 Å². The van der Waals surface area contributed by atoms with E-state index in [2.05, 4.69) is 13.0 Å². The van der Waals surface area contributed by atoms with Crippen molar-refractivity contribution in [1.29, 1.82) is 0 Å². The van der Waals surface area contributed by atoms with E-state index in [4.69, 9.17) is 15.2 Å². The van der Waals surface area contributed by atoms with Crippen LogP contribution in [0.25, 0.3) is 0 Å². The SMILES string of the molecule is CCCOc1ccc(CCN)c(OCC2CCC2)c1. The van der Waals surface area contributed by atoms with Gasteiger partial charge in [-0.15, -0.1) is 0 Å². The van der Waals surface area contributed by atoms with E-state index in [9.17, 15) is 0 Å². The predicted molar refractivity (Wildman–Crippen MR) is 77.8 cm³/mol. The van der Waals surface area contributed by atoms with Crippen LogP contribution in [0.3, 0.4) is 0 Å². The molecular formula is C16H25NO2. The first-order valence-corrected chi connectivity index (χ1v) is 7.42. The maximum atomic E-state index is 5.98. The van der Waals surface area contributed by atoms with Gasteiger partial charge in [0.05, 0.1) is 13.2 Å². The van der Waals surface area contributed by atoms with Gasteiger partial charge in [0.2, 0.25) is 0 Å². The topological polar surface area (TPSA) is 44.5 Å². The Morgan fingerprint density at radius 1 is 1.26 bits per heavy atom. The Morgan fingerprint density at radius 2 is 2.11 bits per heavy atom. The summed E-state index contributed by atoms with van der Waals surface area (Å²) in [5, 5.41) is 0. The predicted octanol–water partition coefficient (Wildman–Crippen LogP) is 3.16. The van der Waals surface area contributed by atoms with Gasteiger partial charge in [-0.2, -0.15) is 0 Å². The Kier molecular flexibility index (Phi) is 5.52. The molecule has 1 saturated carbocycles. The summed E-state index contributed by atoms with van der Waals surface area (Å²) in [5.41, 5.74) is 6.84. The molecule has 2 rings (SSSR count). The third kappa shape index (κ3) is 4.13. The smallest absolute Gasteiger partial charge is 0.126 e. The second kappa shape index (κ2) is 7.39. The van der Waals surface area contributed by atoms with Crippen molar-refractivity contribution < 1.29 is 9.47 Å². The zero-order valence-electron chi connectivity index (χ0n) is 11.9. The molecule has 0 heterocycles. The summed E-state index contributed by atoms with van der Waals surface area (Å²) in [6.45, 7) is 4.33. The lowest BCUT2D eigenvalue weighted by Crippen LogP contribution is -2.20. The van der Waals surface area contributed by atoms with Gasteiger partial charge in [0, 0.05) is 6.07 Å². The highest BCUT2D eigenvalue weighted by atomic mass is 16.5. The van der Waals surface area contributed by atoms with E-state index in [1.54, 1.807) is 0 Å². The third-order valence-corrected chi connectivity index (χ3v) is 3.62. The van der Waals surface area contributed by atoms with Gasteiger partial charge >= 0.3 is 0 Å². The van der Waals surface area contributed by atoms with Crippen molar-refractivity contribution in [3.63, 3.8) is 0 Å². The summed E-state index contributed by atoms with van der Waals surface area (Å²) < 4.78 is 11.6. The number of hydrogen-bond acceptors (Lipinski definition) is 3. The van der Waals surface area contributed by atoms with Crippen molar-refractivity contribution in [2.24, 2.45) is 11.7 Å². The van der Waals surface area contributed by atoms with Gasteiger partial charge in [-0.1, -0.05) is 19.4 Å². The molecule has 0 atom stereocenters. The lowest BCUT2D eigenvalue weighted by molar-refractivity contribution is 0.179. The molecule has 0 aliphatic heterocycles. The lowest BCUT2D eigenvalue weighted by Gasteiger charge is -2.25. The molecule has 1 aliphatic rings. The second-order valence-corrected chi connectivity index (χ2v) is 5.26. The summed E-state index contributed by atoms with van der Waals surface area (Å²) >= 11 is 0. The highest BCUT2D eigenvalue weighted by molar-refractivity contribution is 5.41. The van der Waals surface area contributed by atoms with Crippen LogP contribution in [0.2, 0.25) is 0 Å². The Labute approximate surface area is 116 Å². The molecule has 0 saturated heterocycles. The molecule has 1 aromatic carbocycles. The van der Waals surface area contributed by atoms with Crippen molar-refractivity contribution in [3.05, 3.63) is 23.8 Å². The van der Waals surface area contributed by atoms with Crippen LogP contribution in [0.15, 0.2) is 18.2 Å². The van der Waals surface area contributed by atoms with E-state index in [0.29, 0.717) is 6.54 Å². The summed E-state index contributed by atoms with van der Waals surface area (Å²) in [6.07, 6.45) is 5.83. The average Bonchev–Trinajstić information content (AvgIpc) is 2.37. The molecule has 0 amide bonds. The first-order chi connectivity index (χ1) is 9.33. The van der Waals surface area contributed by atoms with Crippen molar-refractivity contribution in [2.45, 2.75) is 39.0 Å². The van der Waals surface area contributed by atoms with E-state index < -0.39 is 0 Å². The molecule has 106 valence electrons. The average molecular weight is 263 g/mol. The summed E-state index contributed by atoms with van der Waals surface area (Å²) in [7, 11) is 0. The van der Waals surface area contributed by atoms with E-state index in [1.165, 1.54) is 24.8 Å². The van der Waals surface area contributed by atoms with Crippen LogP contribution < -0.4 is 15.2 Å². The fourth-order valence-corrected chi connectivity index (χ4v) is 2.21. The van der Waals surface area contributed by atoms with Gasteiger partial charge in [-0.3, -0.25) is 0 Å². The molecule has 0 radical (unpaired) electrons. The molecular weight excluding hydrogens is 238 g/mol. The fourth-order valence-electron chi connectivity index (χ4n) is 2.21. The number of hydrogen-bond donors (Lipinski definition) is 1. The minimum Gasteiger partial charge on any atom is -0.493 e. The van der Waals surface area contributed by atoms with Crippen LogP contribution in [0.5, 0.6) is 11.5 Å². The Hall–Kier alpha value is -1.22. The first-order valence-electron chi connectivity index (χ1n) is 7.42. The van der Waals surface area contributed by atoms with Gasteiger partial charge in [-0.25, -0.2) is 0 Å². The van der Waals surface area contributed by atoms with Crippen LogP contribution in [0.1, 0.15) is 38.2 Å². The highest BCUT2D eigenvalue weighted by Gasteiger charge is 2.18. The highest BCUT2D eigenvalue weighted by Crippen LogP contribution is 2.30. The van der Waals surface area contributed by atoms with Gasteiger partial charge in [0.15, 0.2) is 0 Å². The fraction of sp³-hybridized carbons (Fsp3) is 0.625. The van der Waals surface area contributed by atoms with Crippen LogP contribution >= 0.6 is 0 Å². The second-order valence-electron chi connectivity index (χ2n) is 5.26. The number of nitrogens with two attached hydrogens (primary N) is 1. The number of benzene rings is 1. The van der Waals surface area contributed by atoms with Crippen LogP contribution in [-0.2, 0) is 6.42 Å². The minimum atomic E-state index is 0.648. The van der Waals surface area contributed by atoms with Crippen LogP contribution in [-0.4, -0.2) is 19.8 Å². The zero-order valence-corrected chi connectivity index (χ0v) is 11.9. The molecule has 0 aromatic heterocycles. The molecule has 19 heavy (non-hydrogen) atoms. The van der Waals surface area contributed by atoms with Gasteiger partial charge in [0.1, 0.15) is 11.5 Å². The summed E-state index contributed by atoms with van der Waals surface area (Å²) in [6, 6.07) is 6.10. The molecule has 3 nitrogen and oxygen atoms in total. The molecule has 0 bridgehead atoms. The third-order valence-electron chi connectivity index (χ3n) is 3.62. The number of ether oxygens (including phenoxy) is 2. The van der Waals surface area contributed by atoms with E-state index in [-0.39, 0.29) is 0 Å². The Balaban J connectivity index is 2.00. The first kappa shape index (κ1) is 14.2. The normalized spacial score (nSPS) is 15.1. The van der Waals surface area contributed by atoms with Crippen LogP contribution in [0, 0.1) is 5.92 Å². The zero-order chi connectivity index (χ0) is 13.5. The Morgan fingerprint density at radius 3 is 2.74 bits per heavy atom. The van der Waals surface area contributed by atoms with Crippen molar-refractivity contribution in [2.75, 3.05) is 19.8 Å². The molecule has 0 spiro atoms. The Bertz CT molecular complexity index is 388. The standard InChI is InChI=1S/C16H25NO2/c1-2-10-18-15-7-6-14(8-9-17)16(11-15)19-12-13-4-3-5-13/h6-7,11,13H,2-5,8-10,12,17H2,1H3. The molecule has 1 fully saturated rings. The lowest BCUT2D eigenvalue weighted by atomic mass is 9.86. The maximum absolute atomic E-state index is 5.98. The molecule has 1 aromatic rings. The van der Waals surface area contributed by atoms with E-state index >= 15 is 0 Å². The quantitative estimate of drug-likeness (QED) is 0.783.